The lowest BCUT2D eigenvalue weighted by molar-refractivity contribution is -0.138. The van der Waals surface area contributed by atoms with Crippen molar-refractivity contribution in [2.45, 2.75) is 43.6 Å². The fourth-order valence-electron chi connectivity index (χ4n) is 5.58. The van der Waals surface area contributed by atoms with Crippen LogP contribution in [0.2, 0.25) is 0 Å². The van der Waals surface area contributed by atoms with Crippen LogP contribution in [-0.2, 0) is 29.7 Å². The van der Waals surface area contributed by atoms with Gasteiger partial charge >= 0.3 is 12.1 Å². The summed E-state index contributed by atoms with van der Waals surface area (Å²) in [5.74, 6) is -1.17. The molecule has 1 aromatic heterocycles. The van der Waals surface area contributed by atoms with Crippen LogP contribution in [0.5, 0.6) is 0 Å². The van der Waals surface area contributed by atoms with E-state index in [2.05, 4.69) is 20.5 Å². The lowest BCUT2D eigenvalue weighted by Crippen LogP contribution is -2.23. The second-order valence-electron chi connectivity index (χ2n) is 11.9. The molecule has 8 nitrogen and oxygen atoms in total. The van der Waals surface area contributed by atoms with Crippen LogP contribution in [0.25, 0.3) is 11.3 Å². The number of carbonyl (C=O) groups is 3. The van der Waals surface area contributed by atoms with Crippen molar-refractivity contribution in [2.75, 3.05) is 23.3 Å². The van der Waals surface area contributed by atoms with E-state index in [0.717, 1.165) is 41.4 Å². The number of carbonyl (C=O) groups excluding carboxylic acids is 2. The third-order valence-corrected chi connectivity index (χ3v) is 9.30. The first-order valence-electron chi connectivity index (χ1n) is 16.6. The van der Waals surface area contributed by atoms with Gasteiger partial charge in [0, 0.05) is 58.9 Å². The van der Waals surface area contributed by atoms with Crippen LogP contribution in [0.1, 0.15) is 56.8 Å². The van der Waals surface area contributed by atoms with E-state index in [9.17, 15) is 27.6 Å². The van der Waals surface area contributed by atoms with Gasteiger partial charge in [0.25, 0.3) is 11.8 Å². The monoisotopic (exact) mass is 726 g/mol. The fraction of sp³-hybridized carbons (Fsp3) is 0.200. The van der Waals surface area contributed by atoms with E-state index in [0.29, 0.717) is 39.4 Å². The van der Waals surface area contributed by atoms with Gasteiger partial charge in [-0.05, 0) is 97.3 Å². The quantitative estimate of drug-likeness (QED) is 0.0982. The predicted octanol–water partition coefficient (Wildman–Crippen LogP) is 8.72. The molecule has 0 atom stereocenters. The zero-order chi connectivity index (χ0) is 37.3. The molecule has 4 aromatic carbocycles. The highest BCUT2D eigenvalue weighted by molar-refractivity contribution is 7.98. The molecule has 268 valence electrons. The van der Waals surface area contributed by atoms with E-state index in [1.54, 1.807) is 36.4 Å². The summed E-state index contributed by atoms with van der Waals surface area (Å²) in [6.45, 7) is 5.44. The first kappa shape index (κ1) is 37.6. The molecule has 0 unspecified atom stereocenters. The van der Waals surface area contributed by atoms with Crippen molar-refractivity contribution in [3.05, 3.63) is 143 Å². The molecule has 0 fully saturated rings. The number of benzene rings is 4. The fourth-order valence-corrected chi connectivity index (χ4v) is 6.51. The van der Waals surface area contributed by atoms with Crippen LogP contribution in [0.15, 0.2) is 114 Å². The molecular formula is C40H37F3N4O4S. The number of nitrogens with one attached hydrogen (secondary N) is 2. The second kappa shape index (κ2) is 17.1. The van der Waals surface area contributed by atoms with Crippen LogP contribution in [0.3, 0.4) is 0 Å². The summed E-state index contributed by atoms with van der Waals surface area (Å²) in [6, 6.07) is 28.1. The number of carboxylic acids is 1. The Morgan fingerprint density at radius 3 is 2.25 bits per heavy atom. The van der Waals surface area contributed by atoms with Crippen LogP contribution in [-0.4, -0.2) is 41.0 Å². The van der Waals surface area contributed by atoms with Gasteiger partial charge in [-0.25, -0.2) is 0 Å². The third kappa shape index (κ3) is 10.0. The van der Waals surface area contributed by atoms with E-state index in [1.807, 2.05) is 50.2 Å². The highest BCUT2D eigenvalue weighted by Crippen LogP contribution is 2.33. The number of anilines is 2. The summed E-state index contributed by atoms with van der Waals surface area (Å²) in [4.78, 5) is 45.5. The number of amides is 2. The average Bonchev–Trinajstić information content (AvgIpc) is 3.14. The lowest BCUT2D eigenvalue weighted by atomic mass is 10.0. The summed E-state index contributed by atoms with van der Waals surface area (Å²) in [5, 5.41) is 14.8. The van der Waals surface area contributed by atoms with Crippen molar-refractivity contribution in [3.8, 4) is 11.3 Å². The molecule has 0 radical (unpaired) electrons. The summed E-state index contributed by atoms with van der Waals surface area (Å²) in [5.41, 5.74) is 4.20. The Morgan fingerprint density at radius 1 is 0.788 bits per heavy atom. The Morgan fingerprint density at radius 2 is 1.50 bits per heavy atom. The molecule has 0 saturated heterocycles. The number of halogens is 3. The van der Waals surface area contributed by atoms with E-state index >= 15 is 0 Å². The highest BCUT2D eigenvalue weighted by Gasteiger charge is 2.30. The minimum absolute atomic E-state index is 0.0573. The normalized spacial score (nSPS) is 11.2. The Balaban J connectivity index is 1.35. The number of aliphatic carboxylic acids is 1. The maximum atomic E-state index is 13.6. The second-order valence-corrected chi connectivity index (χ2v) is 12.9. The molecule has 0 aliphatic carbocycles. The molecule has 0 spiro atoms. The van der Waals surface area contributed by atoms with E-state index in [1.165, 1.54) is 36.2 Å². The molecule has 12 heteroatoms. The van der Waals surface area contributed by atoms with E-state index < -0.39 is 23.6 Å². The number of hydrogen-bond acceptors (Lipinski definition) is 6. The number of carboxylic acid groups (broad SMARTS) is 1. The molecule has 1 heterocycles. The molecule has 0 bridgehead atoms. The number of aromatic nitrogens is 1. The smallest absolute Gasteiger partial charge is 0.416 e. The highest BCUT2D eigenvalue weighted by atomic mass is 32.2. The Hall–Kier alpha value is -5.62. The van der Waals surface area contributed by atoms with Gasteiger partial charge in [0.1, 0.15) is 0 Å². The van der Waals surface area contributed by atoms with Crippen molar-refractivity contribution in [1.29, 1.82) is 0 Å². The molecule has 3 N–H and O–H groups in total. The standard InChI is InChI=1S/C40H37F3N4O4S/c1-3-47(4-2)32-14-15-35(46-39(51)29-11-5-10-28(18-29)25-52-33-13-7-8-26(20-33)21-37(48)49)34(23-32)36-22-30(16-17-44-36)38(50)45-24-27-9-6-12-31(19-27)40(41,42)43/h5-20,22-23H,3-4,21,24-25H2,1-2H3,(H,45,50)(H,46,51)(H,48,49). The van der Waals surface area contributed by atoms with Crippen molar-refractivity contribution in [1.82, 2.24) is 10.3 Å². The zero-order valence-corrected chi connectivity index (χ0v) is 29.4. The van der Waals surface area contributed by atoms with Gasteiger partial charge in [0.05, 0.1) is 23.4 Å². The molecule has 52 heavy (non-hydrogen) atoms. The van der Waals surface area contributed by atoms with Crippen LogP contribution < -0.4 is 15.5 Å². The van der Waals surface area contributed by atoms with Crippen molar-refractivity contribution in [3.63, 3.8) is 0 Å². The van der Waals surface area contributed by atoms with Gasteiger partial charge in [-0.1, -0.05) is 36.4 Å². The van der Waals surface area contributed by atoms with Crippen LogP contribution >= 0.6 is 11.8 Å². The lowest BCUT2D eigenvalue weighted by Gasteiger charge is -2.23. The van der Waals surface area contributed by atoms with Crippen LogP contribution in [0.4, 0.5) is 24.5 Å². The Bertz CT molecular complexity index is 2070. The zero-order valence-electron chi connectivity index (χ0n) is 28.5. The number of alkyl halides is 3. The maximum absolute atomic E-state index is 13.6. The van der Waals surface area contributed by atoms with Gasteiger partial charge in [-0.15, -0.1) is 11.8 Å². The SMILES string of the molecule is CCN(CC)c1ccc(NC(=O)c2cccc(CSc3cccc(CC(=O)O)c3)c2)c(-c2cc(C(=O)NCc3cccc(C(F)(F)F)c3)ccn2)c1. The van der Waals surface area contributed by atoms with Gasteiger partial charge in [0.15, 0.2) is 0 Å². The maximum Gasteiger partial charge on any atom is 0.416 e. The molecular weight excluding hydrogens is 690 g/mol. The molecule has 0 aliphatic heterocycles. The van der Waals surface area contributed by atoms with Gasteiger partial charge in [-0.2, -0.15) is 13.2 Å². The molecule has 2 amide bonds. The topological polar surface area (TPSA) is 112 Å². The summed E-state index contributed by atoms with van der Waals surface area (Å²) >= 11 is 1.54. The van der Waals surface area contributed by atoms with Gasteiger partial charge in [-0.3, -0.25) is 19.4 Å². The average molecular weight is 727 g/mol. The van der Waals surface area contributed by atoms with E-state index in [-0.39, 0.29) is 24.4 Å². The van der Waals surface area contributed by atoms with Crippen molar-refractivity contribution < 1.29 is 32.7 Å². The summed E-state index contributed by atoms with van der Waals surface area (Å²) < 4.78 is 39.5. The number of hydrogen-bond donors (Lipinski definition) is 3. The van der Waals surface area contributed by atoms with Gasteiger partial charge in [0.2, 0.25) is 0 Å². The number of thioether (sulfide) groups is 1. The first-order valence-corrected chi connectivity index (χ1v) is 17.6. The Labute approximate surface area is 304 Å². The number of nitrogens with zero attached hydrogens (tertiary/aromatic N) is 2. The van der Waals surface area contributed by atoms with Gasteiger partial charge < -0.3 is 20.6 Å². The number of pyridine rings is 1. The summed E-state index contributed by atoms with van der Waals surface area (Å²) in [7, 11) is 0. The molecule has 0 aliphatic rings. The molecule has 5 rings (SSSR count). The van der Waals surface area contributed by atoms with Crippen molar-refractivity contribution in [2.24, 2.45) is 0 Å². The first-order chi connectivity index (χ1) is 24.9. The minimum atomic E-state index is -4.49. The summed E-state index contributed by atoms with van der Waals surface area (Å²) in [6.07, 6.45) is -3.07. The van der Waals surface area contributed by atoms with E-state index in [4.69, 9.17) is 5.11 Å². The predicted molar refractivity (Wildman–Crippen MR) is 198 cm³/mol. The third-order valence-electron chi connectivity index (χ3n) is 8.23. The largest absolute Gasteiger partial charge is 0.481 e. The van der Waals surface area contributed by atoms with Crippen LogP contribution in [0, 0.1) is 0 Å². The minimum Gasteiger partial charge on any atom is -0.481 e. The Kier molecular flexibility index (Phi) is 12.3. The van der Waals surface area contributed by atoms with Crippen molar-refractivity contribution >= 4 is 40.9 Å². The molecule has 0 saturated carbocycles. The molecule has 5 aromatic rings. The number of rotatable bonds is 14.